The molecule has 0 saturated heterocycles. The molecule has 0 aliphatic heterocycles. The van der Waals surface area contributed by atoms with Gasteiger partial charge >= 0.3 is 0 Å². The Hall–Kier alpha value is -1.62. The van der Waals surface area contributed by atoms with E-state index in [9.17, 15) is 9.18 Å². The van der Waals surface area contributed by atoms with Crippen molar-refractivity contribution in [1.29, 1.82) is 0 Å². The number of halogens is 1. The average Bonchev–Trinajstić information content (AvgIpc) is 3.20. The van der Waals surface area contributed by atoms with Crippen LogP contribution in [0.25, 0.3) is 0 Å². The highest BCUT2D eigenvalue weighted by molar-refractivity contribution is 5.86. The van der Waals surface area contributed by atoms with Crippen LogP contribution in [0.3, 0.4) is 0 Å². The molecule has 0 bridgehead atoms. The summed E-state index contributed by atoms with van der Waals surface area (Å²) in [5.41, 5.74) is 4.67. The molecule has 1 aliphatic carbocycles. The van der Waals surface area contributed by atoms with E-state index in [1.165, 1.54) is 6.07 Å². The molecular formula is C15H21FN2O2. The minimum atomic E-state index is -0.920. The third-order valence-corrected chi connectivity index (χ3v) is 3.55. The summed E-state index contributed by atoms with van der Waals surface area (Å²) in [5, 5.41) is 3.22. The number of carbonyl (C=O) groups excluding carboxylic acids is 1. The summed E-state index contributed by atoms with van der Waals surface area (Å²) >= 11 is 0. The van der Waals surface area contributed by atoms with Crippen LogP contribution in [0.2, 0.25) is 0 Å². The maximum absolute atomic E-state index is 13.6. The molecule has 0 heterocycles. The third kappa shape index (κ3) is 3.10. The number of ether oxygens (including phenoxy) is 1. The number of hydrogen-bond acceptors (Lipinski definition) is 3. The molecule has 1 aromatic carbocycles. The number of para-hydroxylation sites is 1. The fourth-order valence-corrected chi connectivity index (χ4v) is 2.47. The number of benzene rings is 1. The van der Waals surface area contributed by atoms with E-state index in [0.717, 1.165) is 12.8 Å². The lowest BCUT2D eigenvalue weighted by molar-refractivity contribution is -0.127. The lowest BCUT2D eigenvalue weighted by atomic mass is 9.92. The first kappa shape index (κ1) is 14.8. The van der Waals surface area contributed by atoms with Crippen LogP contribution in [0, 0.1) is 11.7 Å². The second-order valence-electron chi connectivity index (χ2n) is 5.63. The molecular weight excluding hydrogens is 259 g/mol. The molecule has 110 valence electrons. The van der Waals surface area contributed by atoms with E-state index in [4.69, 9.17) is 10.5 Å². The minimum absolute atomic E-state index is 0.0477. The van der Waals surface area contributed by atoms with Gasteiger partial charge in [-0.1, -0.05) is 12.1 Å². The van der Waals surface area contributed by atoms with Gasteiger partial charge in [-0.25, -0.2) is 4.39 Å². The first-order chi connectivity index (χ1) is 9.45. The largest absolute Gasteiger partial charge is 0.488 e. The molecule has 3 N–H and O–H groups in total. The highest BCUT2D eigenvalue weighted by Crippen LogP contribution is 2.40. The molecule has 1 atom stereocenters. The quantitative estimate of drug-likeness (QED) is 0.801. The van der Waals surface area contributed by atoms with Crippen LogP contribution in [-0.2, 0) is 4.79 Å². The van der Waals surface area contributed by atoms with E-state index >= 15 is 0 Å². The molecule has 1 saturated carbocycles. The number of amides is 1. The Bertz CT molecular complexity index is 489. The fraction of sp³-hybridized carbons (Fsp3) is 0.533. The summed E-state index contributed by atoms with van der Waals surface area (Å²) in [6.07, 6.45) is 1.87. The predicted octanol–water partition coefficient (Wildman–Crippen LogP) is 1.84. The van der Waals surface area contributed by atoms with Gasteiger partial charge in [0, 0.05) is 6.04 Å². The van der Waals surface area contributed by atoms with Crippen molar-refractivity contribution in [2.24, 2.45) is 11.7 Å². The van der Waals surface area contributed by atoms with Gasteiger partial charge in [-0.15, -0.1) is 0 Å². The minimum Gasteiger partial charge on any atom is -0.488 e. The van der Waals surface area contributed by atoms with Crippen molar-refractivity contribution in [3.05, 3.63) is 30.1 Å². The van der Waals surface area contributed by atoms with Crippen molar-refractivity contribution in [2.75, 3.05) is 6.61 Å². The van der Waals surface area contributed by atoms with Gasteiger partial charge in [-0.2, -0.15) is 0 Å². The van der Waals surface area contributed by atoms with Crippen LogP contribution in [0.15, 0.2) is 24.3 Å². The van der Waals surface area contributed by atoms with Gasteiger partial charge in [0.1, 0.15) is 12.1 Å². The van der Waals surface area contributed by atoms with Gasteiger partial charge in [0.25, 0.3) is 0 Å². The Morgan fingerprint density at radius 2 is 2.15 bits per heavy atom. The average molecular weight is 280 g/mol. The zero-order valence-corrected chi connectivity index (χ0v) is 11.9. The van der Waals surface area contributed by atoms with Crippen molar-refractivity contribution in [1.82, 2.24) is 5.32 Å². The number of primary amides is 1. The maximum Gasteiger partial charge on any atom is 0.241 e. The molecule has 1 fully saturated rings. The maximum atomic E-state index is 13.6. The second kappa shape index (κ2) is 5.79. The summed E-state index contributed by atoms with van der Waals surface area (Å²) in [6, 6.07) is 6.25. The molecule has 4 nitrogen and oxygen atoms in total. The topological polar surface area (TPSA) is 64.3 Å². The summed E-state index contributed by atoms with van der Waals surface area (Å²) in [6.45, 7) is 3.94. The number of hydrogen-bond donors (Lipinski definition) is 2. The van der Waals surface area contributed by atoms with E-state index in [1.807, 2.05) is 13.8 Å². The lowest BCUT2D eigenvalue weighted by Crippen LogP contribution is -2.62. The standard InChI is InChI=1S/C15H21FN2O2/c1-10(2)18-15(14(17)19,11-7-8-11)9-20-13-6-4-3-5-12(13)16/h3-6,10-11,18H,7-9H2,1-2H3,(H2,17,19). The molecule has 0 aromatic heterocycles. The first-order valence-corrected chi connectivity index (χ1v) is 6.90. The summed E-state index contributed by atoms with van der Waals surface area (Å²) in [7, 11) is 0. The Morgan fingerprint density at radius 1 is 1.50 bits per heavy atom. The molecule has 20 heavy (non-hydrogen) atoms. The van der Waals surface area contributed by atoms with E-state index < -0.39 is 17.3 Å². The van der Waals surface area contributed by atoms with Gasteiger partial charge in [-0.3, -0.25) is 10.1 Å². The third-order valence-electron chi connectivity index (χ3n) is 3.55. The second-order valence-corrected chi connectivity index (χ2v) is 5.63. The highest BCUT2D eigenvalue weighted by Gasteiger charge is 2.51. The monoisotopic (exact) mass is 280 g/mol. The lowest BCUT2D eigenvalue weighted by Gasteiger charge is -2.33. The SMILES string of the molecule is CC(C)NC(COc1ccccc1F)(C(N)=O)C1CC1. The van der Waals surface area contributed by atoms with Crippen molar-refractivity contribution in [2.45, 2.75) is 38.3 Å². The molecule has 1 aromatic rings. The highest BCUT2D eigenvalue weighted by atomic mass is 19.1. The first-order valence-electron chi connectivity index (χ1n) is 6.90. The van der Waals surface area contributed by atoms with Gasteiger partial charge in [-0.05, 0) is 44.7 Å². The Balaban J connectivity index is 2.15. The fourth-order valence-electron chi connectivity index (χ4n) is 2.47. The molecule has 5 heteroatoms. The van der Waals surface area contributed by atoms with E-state index in [2.05, 4.69) is 5.32 Å². The van der Waals surface area contributed by atoms with Gasteiger partial charge < -0.3 is 10.5 Å². The molecule has 0 radical (unpaired) electrons. The number of nitrogens with two attached hydrogens (primary N) is 1. The van der Waals surface area contributed by atoms with Gasteiger partial charge in [0.05, 0.1) is 0 Å². The Labute approximate surface area is 118 Å². The Kier molecular flexibility index (Phi) is 4.28. The smallest absolute Gasteiger partial charge is 0.241 e. The predicted molar refractivity (Wildman–Crippen MR) is 74.8 cm³/mol. The van der Waals surface area contributed by atoms with E-state index in [1.54, 1.807) is 18.2 Å². The van der Waals surface area contributed by atoms with Crippen LogP contribution >= 0.6 is 0 Å². The number of carbonyl (C=O) groups is 1. The van der Waals surface area contributed by atoms with Crippen LogP contribution in [0.1, 0.15) is 26.7 Å². The summed E-state index contributed by atoms with van der Waals surface area (Å²) in [5.74, 6) is -0.574. The zero-order valence-electron chi connectivity index (χ0n) is 11.9. The zero-order chi connectivity index (χ0) is 14.8. The molecule has 2 rings (SSSR count). The number of rotatable bonds is 7. The number of nitrogens with one attached hydrogen (secondary N) is 1. The van der Waals surface area contributed by atoms with Gasteiger partial charge in [0.2, 0.25) is 5.91 Å². The van der Waals surface area contributed by atoms with Gasteiger partial charge in [0.15, 0.2) is 11.6 Å². The molecule has 1 amide bonds. The van der Waals surface area contributed by atoms with Crippen LogP contribution in [0.4, 0.5) is 4.39 Å². The van der Waals surface area contributed by atoms with Crippen molar-refractivity contribution >= 4 is 5.91 Å². The van der Waals surface area contributed by atoms with Crippen molar-refractivity contribution in [3.63, 3.8) is 0 Å². The van der Waals surface area contributed by atoms with Crippen LogP contribution in [0.5, 0.6) is 5.75 Å². The summed E-state index contributed by atoms with van der Waals surface area (Å²) in [4.78, 5) is 11.9. The van der Waals surface area contributed by atoms with Crippen LogP contribution in [-0.4, -0.2) is 24.1 Å². The van der Waals surface area contributed by atoms with E-state index in [0.29, 0.717) is 0 Å². The summed E-state index contributed by atoms with van der Waals surface area (Å²) < 4.78 is 19.1. The van der Waals surface area contributed by atoms with Crippen molar-refractivity contribution < 1.29 is 13.9 Å². The van der Waals surface area contributed by atoms with Crippen molar-refractivity contribution in [3.8, 4) is 5.75 Å². The van der Waals surface area contributed by atoms with Crippen LogP contribution < -0.4 is 15.8 Å². The molecule has 0 spiro atoms. The molecule has 1 aliphatic rings. The van der Waals surface area contributed by atoms with E-state index in [-0.39, 0.29) is 24.3 Å². The molecule has 1 unspecified atom stereocenters. The Morgan fingerprint density at radius 3 is 2.65 bits per heavy atom. The normalized spacial score (nSPS) is 17.8.